The topological polar surface area (TPSA) is 67.9 Å². The van der Waals surface area contributed by atoms with Gasteiger partial charge in [-0.3, -0.25) is 9.69 Å². The highest BCUT2D eigenvalue weighted by molar-refractivity contribution is 5.90. The fourth-order valence-corrected chi connectivity index (χ4v) is 2.68. The van der Waals surface area contributed by atoms with Crippen molar-refractivity contribution in [3.05, 3.63) is 59.9 Å². The second kappa shape index (κ2) is 7.86. The van der Waals surface area contributed by atoms with E-state index in [1.807, 2.05) is 0 Å². The first-order valence-corrected chi connectivity index (χ1v) is 8.18. The van der Waals surface area contributed by atoms with Crippen LogP contribution in [0.25, 0.3) is 0 Å². The van der Waals surface area contributed by atoms with Gasteiger partial charge in [0.2, 0.25) is 5.91 Å². The van der Waals surface area contributed by atoms with Gasteiger partial charge in [0.05, 0.1) is 26.6 Å². The Morgan fingerprint density at radius 1 is 1.23 bits per heavy atom. The summed E-state index contributed by atoms with van der Waals surface area (Å²) in [6.45, 7) is 0.570. The fourth-order valence-electron chi connectivity index (χ4n) is 2.68. The normalized spacial score (nSPS) is 16.3. The van der Waals surface area contributed by atoms with E-state index in [1.165, 1.54) is 17.0 Å². The summed E-state index contributed by atoms with van der Waals surface area (Å²) < 4.78 is 23.3. The third-order valence-electron chi connectivity index (χ3n) is 4.06. The lowest BCUT2D eigenvalue weighted by atomic mass is 10.1. The van der Waals surface area contributed by atoms with Crippen molar-refractivity contribution in [2.24, 2.45) is 0 Å². The molecule has 0 aromatic heterocycles. The molecule has 0 spiro atoms. The van der Waals surface area contributed by atoms with E-state index in [-0.39, 0.29) is 24.7 Å². The Morgan fingerprint density at radius 2 is 1.92 bits per heavy atom. The highest BCUT2D eigenvalue weighted by Gasteiger charge is 2.32. The van der Waals surface area contributed by atoms with Crippen molar-refractivity contribution < 1.29 is 23.5 Å². The van der Waals surface area contributed by atoms with E-state index in [2.05, 4.69) is 5.32 Å². The molecule has 6 nitrogen and oxygen atoms in total. The van der Waals surface area contributed by atoms with Gasteiger partial charge >= 0.3 is 6.09 Å². The number of rotatable bonds is 6. The molecule has 2 aromatic carbocycles. The van der Waals surface area contributed by atoms with Gasteiger partial charge in [-0.1, -0.05) is 12.1 Å². The van der Waals surface area contributed by atoms with Crippen LogP contribution in [0, 0.1) is 5.82 Å². The van der Waals surface area contributed by atoms with Crippen LogP contribution in [0.15, 0.2) is 48.5 Å². The SMILES string of the molecule is COc1ccc(N2CC(CNC(=O)Cc3ccc(F)cc3)OC2=O)cc1. The van der Waals surface area contributed by atoms with Crippen molar-refractivity contribution in [2.75, 3.05) is 25.1 Å². The number of halogens is 1. The molecule has 1 N–H and O–H groups in total. The molecular weight excluding hydrogens is 339 g/mol. The molecular formula is C19H19FN2O4. The van der Waals surface area contributed by atoms with Crippen molar-refractivity contribution in [3.8, 4) is 5.75 Å². The second-order valence-electron chi connectivity index (χ2n) is 5.92. The molecule has 136 valence electrons. The summed E-state index contributed by atoms with van der Waals surface area (Å²) >= 11 is 0. The number of carbonyl (C=O) groups is 2. The Balaban J connectivity index is 1.50. The summed E-state index contributed by atoms with van der Waals surface area (Å²) in [5.74, 6) is 0.145. The zero-order valence-electron chi connectivity index (χ0n) is 14.3. The average Bonchev–Trinajstić information content (AvgIpc) is 3.03. The third-order valence-corrected chi connectivity index (χ3v) is 4.06. The Labute approximate surface area is 150 Å². The number of amides is 2. The average molecular weight is 358 g/mol. The van der Waals surface area contributed by atoms with Crippen LogP contribution in [-0.2, 0) is 16.0 Å². The van der Waals surface area contributed by atoms with Crippen LogP contribution in [0.4, 0.5) is 14.9 Å². The van der Waals surface area contributed by atoms with Crippen molar-refractivity contribution in [2.45, 2.75) is 12.5 Å². The van der Waals surface area contributed by atoms with Crippen LogP contribution < -0.4 is 15.0 Å². The minimum atomic E-state index is -0.451. The first kappa shape index (κ1) is 17.7. The number of anilines is 1. The minimum Gasteiger partial charge on any atom is -0.497 e. The number of hydrogen-bond acceptors (Lipinski definition) is 4. The van der Waals surface area contributed by atoms with Crippen LogP contribution in [0.5, 0.6) is 5.75 Å². The van der Waals surface area contributed by atoms with Crippen LogP contribution in [-0.4, -0.2) is 38.3 Å². The zero-order chi connectivity index (χ0) is 18.5. The maximum absolute atomic E-state index is 12.9. The van der Waals surface area contributed by atoms with Crippen molar-refractivity contribution in [1.29, 1.82) is 0 Å². The molecule has 1 atom stereocenters. The number of benzene rings is 2. The van der Waals surface area contributed by atoms with E-state index in [9.17, 15) is 14.0 Å². The van der Waals surface area contributed by atoms with E-state index < -0.39 is 12.2 Å². The molecule has 1 saturated heterocycles. The molecule has 1 heterocycles. The third kappa shape index (κ3) is 4.30. The summed E-state index contributed by atoms with van der Waals surface area (Å²) in [6.07, 6.45) is -0.738. The Morgan fingerprint density at radius 3 is 2.58 bits per heavy atom. The van der Waals surface area contributed by atoms with Gasteiger partial charge in [0.1, 0.15) is 17.7 Å². The molecule has 2 amide bonds. The van der Waals surface area contributed by atoms with Gasteiger partial charge in [-0.15, -0.1) is 0 Å². The summed E-state index contributed by atoms with van der Waals surface area (Å²) in [5, 5.41) is 2.74. The van der Waals surface area contributed by atoms with Crippen molar-refractivity contribution in [1.82, 2.24) is 5.32 Å². The number of nitrogens with one attached hydrogen (secondary N) is 1. The molecule has 1 unspecified atom stereocenters. The van der Waals surface area contributed by atoms with Gasteiger partial charge < -0.3 is 14.8 Å². The lowest BCUT2D eigenvalue weighted by Gasteiger charge is -2.13. The lowest BCUT2D eigenvalue weighted by molar-refractivity contribution is -0.120. The monoisotopic (exact) mass is 358 g/mol. The molecule has 1 fully saturated rings. The van der Waals surface area contributed by atoms with E-state index >= 15 is 0 Å². The molecule has 1 aliphatic rings. The molecule has 1 aliphatic heterocycles. The van der Waals surface area contributed by atoms with Gasteiger partial charge in [0.15, 0.2) is 0 Å². The van der Waals surface area contributed by atoms with Crippen LogP contribution in [0.2, 0.25) is 0 Å². The van der Waals surface area contributed by atoms with Crippen molar-refractivity contribution in [3.63, 3.8) is 0 Å². The predicted octanol–water partition coefficient (Wildman–Crippen LogP) is 2.52. The van der Waals surface area contributed by atoms with Gasteiger partial charge in [-0.2, -0.15) is 0 Å². The second-order valence-corrected chi connectivity index (χ2v) is 5.92. The zero-order valence-corrected chi connectivity index (χ0v) is 14.3. The molecule has 0 aliphatic carbocycles. The summed E-state index contributed by atoms with van der Waals surface area (Å²) in [7, 11) is 1.57. The van der Waals surface area contributed by atoms with Gasteiger partial charge in [0.25, 0.3) is 0 Å². The van der Waals surface area contributed by atoms with Crippen molar-refractivity contribution >= 4 is 17.7 Å². The van der Waals surface area contributed by atoms with Gasteiger partial charge in [-0.25, -0.2) is 9.18 Å². The molecule has 0 bridgehead atoms. The number of hydrogen-bond donors (Lipinski definition) is 1. The maximum Gasteiger partial charge on any atom is 0.414 e. The highest BCUT2D eigenvalue weighted by Crippen LogP contribution is 2.23. The number of carbonyl (C=O) groups excluding carboxylic acids is 2. The fraction of sp³-hybridized carbons (Fsp3) is 0.263. The van der Waals surface area contributed by atoms with Gasteiger partial charge in [0, 0.05) is 5.69 Å². The van der Waals surface area contributed by atoms with E-state index in [0.717, 1.165) is 0 Å². The highest BCUT2D eigenvalue weighted by atomic mass is 19.1. The van der Waals surface area contributed by atoms with Gasteiger partial charge in [-0.05, 0) is 42.0 Å². The smallest absolute Gasteiger partial charge is 0.414 e. The Kier molecular flexibility index (Phi) is 5.36. The maximum atomic E-state index is 12.9. The largest absolute Gasteiger partial charge is 0.497 e. The first-order chi connectivity index (χ1) is 12.5. The van der Waals surface area contributed by atoms with Crippen LogP contribution >= 0.6 is 0 Å². The Bertz CT molecular complexity index is 777. The number of ether oxygens (including phenoxy) is 2. The molecule has 2 aromatic rings. The lowest BCUT2D eigenvalue weighted by Crippen LogP contribution is -2.35. The van der Waals surface area contributed by atoms with E-state index in [0.29, 0.717) is 23.5 Å². The quantitative estimate of drug-likeness (QED) is 0.862. The molecule has 0 radical (unpaired) electrons. The summed E-state index contributed by atoms with van der Waals surface area (Å²) in [6, 6.07) is 12.8. The number of methoxy groups -OCH3 is 1. The Hall–Kier alpha value is -3.09. The minimum absolute atomic E-state index is 0.142. The number of cyclic esters (lactones) is 1. The molecule has 7 heteroatoms. The van der Waals surface area contributed by atoms with E-state index in [1.54, 1.807) is 43.5 Å². The van der Waals surface area contributed by atoms with Crippen LogP contribution in [0.1, 0.15) is 5.56 Å². The van der Waals surface area contributed by atoms with E-state index in [4.69, 9.17) is 9.47 Å². The first-order valence-electron chi connectivity index (χ1n) is 8.18. The molecule has 0 saturated carbocycles. The standard InChI is InChI=1S/C19H19FN2O4/c1-25-16-8-6-15(7-9-16)22-12-17(26-19(22)24)11-21-18(23)10-13-2-4-14(20)5-3-13/h2-9,17H,10-12H2,1H3,(H,21,23). The molecule has 3 rings (SSSR count). The molecule has 26 heavy (non-hydrogen) atoms. The van der Waals surface area contributed by atoms with Crippen LogP contribution in [0.3, 0.4) is 0 Å². The summed E-state index contributed by atoms with van der Waals surface area (Å²) in [5.41, 5.74) is 1.42. The summed E-state index contributed by atoms with van der Waals surface area (Å²) in [4.78, 5) is 25.5. The predicted molar refractivity (Wildman–Crippen MR) is 93.7 cm³/mol. The number of nitrogens with zero attached hydrogens (tertiary/aromatic N) is 1.